The van der Waals surface area contributed by atoms with E-state index in [2.05, 4.69) is 5.32 Å². The Morgan fingerprint density at radius 1 is 0.971 bits per heavy atom. The number of hydrogen-bond donors (Lipinski definition) is 1. The molecule has 0 aliphatic carbocycles. The molecule has 2 atom stereocenters. The number of nitrogens with zero attached hydrogens (tertiary/aromatic N) is 1. The Morgan fingerprint density at radius 2 is 1.66 bits per heavy atom. The molecule has 0 saturated carbocycles. The smallest absolute Gasteiger partial charge is 0.243 e. The summed E-state index contributed by atoms with van der Waals surface area (Å²) in [5.74, 6) is -0.871. The number of nitrogens with one attached hydrogen (secondary N) is 1. The summed E-state index contributed by atoms with van der Waals surface area (Å²) < 4.78 is 13.4. The molecular weight excluding hydrogens is 486 g/mol. The first-order valence-electron chi connectivity index (χ1n) is 11.6. The molecule has 0 bridgehead atoms. The van der Waals surface area contributed by atoms with Crippen molar-refractivity contribution in [2.24, 2.45) is 0 Å². The maximum absolute atomic E-state index is 13.7. The number of carbonyl (C=O) groups excluding carboxylic acids is 2. The van der Waals surface area contributed by atoms with Crippen LogP contribution in [0.25, 0.3) is 0 Å². The lowest BCUT2D eigenvalue weighted by atomic mass is 10.0. The second-order valence-electron chi connectivity index (χ2n) is 8.58. The van der Waals surface area contributed by atoms with Crippen molar-refractivity contribution in [1.82, 2.24) is 10.2 Å². The summed E-state index contributed by atoms with van der Waals surface area (Å²) in [6.07, 6.45) is 1.12. The van der Waals surface area contributed by atoms with Crippen LogP contribution in [0.1, 0.15) is 37.0 Å². The molecule has 184 valence electrons. The molecule has 7 heteroatoms. The second kappa shape index (κ2) is 12.7. The van der Waals surface area contributed by atoms with Crippen LogP contribution in [0.4, 0.5) is 4.39 Å². The van der Waals surface area contributed by atoms with Gasteiger partial charge in [0.2, 0.25) is 11.8 Å². The largest absolute Gasteiger partial charge is 0.352 e. The summed E-state index contributed by atoms with van der Waals surface area (Å²) in [6.45, 7) is 4.04. The van der Waals surface area contributed by atoms with E-state index in [0.717, 1.165) is 12.0 Å². The summed E-state index contributed by atoms with van der Waals surface area (Å²) in [7, 11) is 0. The first-order valence-corrected chi connectivity index (χ1v) is 12.3. The maximum atomic E-state index is 13.7. The SMILES string of the molecule is CC[C@H](C)NC(=O)[C@H](Cc1ccccc1)N(Cc1ccc(Cl)cc1Cl)C(=O)Cc1ccc(F)cc1. The molecule has 4 nitrogen and oxygen atoms in total. The van der Waals surface area contributed by atoms with Crippen LogP contribution < -0.4 is 5.32 Å². The molecule has 0 aromatic heterocycles. The number of halogens is 3. The average Bonchev–Trinajstić information content (AvgIpc) is 2.84. The molecule has 0 aliphatic heterocycles. The average molecular weight is 515 g/mol. The van der Waals surface area contributed by atoms with Crippen molar-refractivity contribution < 1.29 is 14.0 Å². The molecule has 0 heterocycles. The van der Waals surface area contributed by atoms with Crippen LogP contribution >= 0.6 is 23.2 Å². The maximum Gasteiger partial charge on any atom is 0.243 e. The van der Waals surface area contributed by atoms with Crippen LogP contribution in [0.2, 0.25) is 10.0 Å². The topological polar surface area (TPSA) is 49.4 Å². The number of carbonyl (C=O) groups is 2. The van der Waals surface area contributed by atoms with E-state index in [1.54, 1.807) is 35.2 Å². The Bertz CT molecular complexity index is 1140. The van der Waals surface area contributed by atoms with Gasteiger partial charge in [0.1, 0.15) is 11.9 Å². The standard InChI is InChI=1S/C28H29Cl2FN2O2/c1-3-19(2)32-28(35)26(15-20-7-5-4-6-8-20)33(18-22-11-12-23(29)17-25(22)30)27(34)16-21-9-13-24(31)14-10-21/h4-14,17,19,26H,3,15-16,18H2,1-2H3,(H,32,35)/t19-,26-/m0/s1. The van der Waals surface area contributed by atoms with Gasteiger partial charge in [0.15, 0.2) is 0 Å². The first-order chi connectivity index (χ1) is 16.8. The Kier molecular flexibility index (Phi) is 9.70. The number of hydrogen-bond acceptors (Lipinski definition) is 2. The van der Waals surface area contributed by atoms with E-state index >= 15 is 0 Å². The Balaban J connectivity index is 1.99. The minimum absolute atomic E-state index is 0.0212. The van der Waals surface area contributed by atoms with Crippen molar-refractivity contribution in [2.45, 2.75) is 51.7 Å². The van der Waals surface area contributed by atoms with Gasteiger partial charge in [-0.2, -0.15) is 0 Å². The van der Waals surface area contributed by atoms with Crippen LogP contribution in [-0.4, -0.2) is 28.8 Å². The van der Waals surface area contributed by atoms with E-state index in [4.69, 9.17) is 23.2 Å². The highest BCUT2D eigenvalue weighted by atomic mass is 35.5. The normalized spacial score (nSPS) is 12.6. The third-order valence-electron chi connectivity index (χ3n) is 5.90. The van der Waals surface area contributed by atoms with E-state index in [0.29, 0.717) is 27.6 Å². The molecule has 0 fully saturated rings. The third-order valence-corrected chi connectivity index (χ3v) is 6.48. The van der Waals surface area contributed by atoms with Crippen LogP contribution in [-0.2, 0) is 29.0 Å². The zero-order valence-electron chi connectivity index (χ0n) is 19.8. The lowest BCUT2D eigenvalue weighted by molar-refractivity contribution is -0.141. The number of benzene rings is 3. The van der Waals surface area contributed by atoms with Crippen LogP contribution in [0.3, 0.4) is 0 Å². The van der Waals surface area contributed by atoms with E-state index in [1.165, 1.54) is 12.1 Å². The molecule has 3 rings (SSSR count). The molecular formula is C28H29Cl2FN2O2. The molecule has 2 amide bonds. The minimum Gasteiger partial charge on any atom is -0.352 e. The fourth-order valence-electron chi connectivity index (χ4n) is 3.71. The molecule has 0 radical (unpaired) electrons. The van der Waals surface area contributed by atoms with Crippen molar-refractivity contribution in [1.29, 1.82) is 0 Å². The van der Waals surface area contributed by atoms with Gasteiger partial charge in [-0.15, -0.1) is 0 Å². The van der Waals surface area contributed by atoms with E-state index in [1.807, 2.05) is 44.2 Å². The molecule has 0 spiro atoms. The second-order valence-corrected chi connectivity index (χ2v) is 9.43. The monoisotopic (exact) mass is 514 g/mol. The van der Waals surface area contributed by atoms with Crippen molar-refractivity contribution in [3.05, 3.63) is 105 Å². The number of rotatable bonds is 10. The van der Waals surface area contributed by atoms with Crippen molar-refractivity contribution in [2.75, 3.05) is 0 Å². The van der Waals surface area contributed by atoms with Gasteiger partial charge in [-0.25, -0.2) is 4.39 Å². The van der Waals surface area contributed by atoms with E-state index < -0.39 is 6.04 Å². The highest BCUT2D eigenvalue weighted by molar-refractivity contribution is 6.35. The summed E-state index contributed by atoms with van der Waals surface area (Å²) in [6, 6.07) is 19.6. The molecule has 3 aromatic rings. The van der Waals surface area contributed by atoms with Gasteiger partial charge < -0.3 is 10.2 Å². The van der Waals surface area contributed by atoms with Gasteiger partial charge in [-0.3, -0.25) is 9.59 Å². The molecule has 35 heavy (non-hydrogen) atoms. The highest BCUT2D eigenvalue weighted by Gasteiger charge is 2.31. The fraction of sp³-hybridized carbons (Fsp3) is 0.286. The van der Waals surface area contributed by atoms with Crippen LogP contribution in [0.5, 0.6) is 0 Å². The summed E-state index contributed by atoms with van der Waals surface area (Å²) >= 11 is 12.5. The van der Waals surface area contributed by atoms with Gasteiger partial charge in [-0.05, 0) is 54.3 Å². The van der Waals surface area contributed by atoms with Gasteiger partial charge in [0.25, 0.3) is 0 Å². The van der Waals surface area contributed by atoms with E-state index in [9.17, 15) is 14.0 Å². The minimum atomic E-state index is -0.772. The van der Waals surface area contributed by atoms with Gasteiger partial charge in [0, 0.05) is 29.1 Å². The lowest BCUT2D eigenvalue weighted by Gasteiger charge is -2.32. The zero-order chi connectivity index (χ0) is 25.4. The predicted octanol–water partition coefficient (Wildman–Crippen LogP) is 6.23. The summed E-state index contributed by atoms with van der Waals surface area (Å²) in [5, 5.41) is 3.93. The zero-order valence-corrected chi connectivity index (χ0v) is 21.3. The lowest BCUT2D eigenvalue weighted by Crippen LogP contribution is -2.52. The van der Waals surface area contributed by atoms with Gasteiger partial charge in [0.05, 0.1) is 6.42 Å². The van der Waals surface area contributed by atoms with Gasteiger partial charge in [-0.1, -0.05) is 78.7 Å². The molecule has 1 N–H and O–H groups in total. The molecule has 0 unspecified atom stereocenters. The van der Waals surface area contributed by atoms with Crippen molar-refractivity contribution in [3.63, 3.8) is 0 Å². The molecule has 0 aliphatic rings. The third kappa shape index (κ3) is 7.81. The fourth-order valence-corrected chi connectivity index (χ4v) is 4.18. The summed E-state index contributed by atoms with van der Waals surface area (Å²) in [4.78, 5) is 28.7. The van der Waals surface area contributed by atoms with Gasteiger partial charge >= 0.3 is 0 Å². The summed E-state index contributed by atoms with van der Waals surface area (Å²) in [5.41, 5.74) is 2.26. The predicted molar refractivity (Wildman–Crippen MR) is 139 cm³/mol. The Morgan fingerprint density at radius 3 is 2.29 bits per heavy atom. The highest BCUT2D eigenvalue weighted by Crippen LogP contribution is 2.24. The molecule has 0 saturated heterocycles. The first kappa shape index (κ1) is 26.7. The quantitative estimate of drug-likeness (QED) is 0.348. The molecule has 3 aromatic carbocycles. The van der Waals surface area contributed by atoms with Crippen LogP contribution in [0.15, 0.2) is 72.8 Å². The van der Waals surface area contributed by atoms with Crippen LogP contribution in [0, 0.1) is 5.82 Å². The Labute approximate surface area is 216 Å². The van der Waals surface area contributed by atoms with E-state index in [-0.39, 0.29) is 36.6 Å². The van der Waals surface area contributed by atoms with Crippen molar-refractivity contribution >= 4 is 35.0 Å². The van der Waals surface area contributed by atoms with Crippen molar-refractivity contribution in [3.8, 4) is 0 Å². The number of amides is 2. The Hall–Kier alpha value is -2.89.